The number of carbonyl (C=O) groups is 2. The number of primary amides is 1. The highest BCUT2D eigenvalue weighted by molar-refractivity contribution is 5.98. The number of rotatable bonds is 6. The Bertz CT molecular complexity index is 1290. The number of hydrogen-bond donors (Lipinski definition) is 2. The number of nitrogens with two attached hydrogens (primary N) is 1. The molecule has 3 aromatic rings. The summed E-state index contributed by atoms with van der Waals surface area (Å²) in [5.74, 6) is 0.857. The van der Waals surface area contributed by atoms with Gasteiger partial charge in [0.05, 0.1) is 17.4 Å². The van der Waals surface area contributed by atoms with Crippen LogP contribution in [0, 0.1) is 6.92 Å². The first-order valence-electron chi connectivity index (χ1n) is 12.1. The van der Waals surface area contributed by atoms with Crippen molar-refractivity contribution in [3.05, 3.63) is 78.1 Å². The third-order valence-electron chi connectivity index (χ3n) is 6.73. The molecule has 1 fully saturated rings. The molecule has 2 aliphatic rings. The van der Waals surface area contributed by atoms with E-state index in [0.717, 1.165) is 42.2 Å². The fourth-order valence-corrected chi connectivity index (χ4v) is 4.94. The molecule has 1 atom stereocenters. The molecule has 0 spiro atoms. The Balaban J connectivity index is 1.41. The van der Waals surface area contributed by atoms with Crippen LogP contribution in [0.3, 0.4) is 0 Å². The average molecular weight is 487 g/mol. The number of anilines is 1. The zero-order chi connectivity index (χ0) is 25.2. The summed E-state index contributed by atoms with van der Waals surface area (Å²) in [6, 6.07) is 15.3. The van der Waals surface area contributed by atoms with Crippen molar-refractivity contribution in [1.82, 2.24) is 19.6 Å². The van der Waals surface area contributed by atoms with Gasteiger partial charge in [-0.15, -0.1) is 0 Å². The van der Waals surface area contributed by atoms with Crippen molar-refractivity contribution in [3.8, 4) is 17.2 Å². The lowest BCUT2D eigenvalue weighted by Gasteiger charge is -2.40. The molecular weight excluding hydrogens is 456 g/mol. The first-order valence-corrected chi connectivity index (χ1v) is 12.1. The van der Waals surface area contributed by atoms with E-state index in [1.54, 1.807) is 9.58 Å². The molecule has 2 aliphatic heterocycles. The van der Waals surface area contributed by atoms with Gasteiger partial charge in [-0.2, -0.15) is 5.10 Å². The molecule has 0 bridgehead atoms. The minimum absolute atomic E-state index is 0.0329. The van der Waals surface area contributed by atoms with Crippen molar-refractivity contribution in [2.45, 2.75) is 19.4 Å². The van der Waals surface area contributed by atoms with Crippen LogP contribution in [0.5, 0.6) is 11.5 Å². The van der Waals surface area contributed by atoms with E-state index >= 15 is 0 Å². The maximum absolute atomic E-state index is 12.5. The van der Waals surface area contributed by atoms with Crippen LogP contribution < -0.4 is 15.8 Å². The second-order valence-electron chi connectivity index (χ2n) is 9.09. The number of hydrogen-bond acceptors (Lipinski definition) is 6. The van der Waals surface area contributed by atoms with Crippen molar-refractivity contribution >= 4 is 17.5 Å². The van der Waals surface area contributed by atoms with Crippen molar-refractivity contribution in [1.29, 1.82) is 0 Å². The van der Waals surface area contributed by atoms with Crippen LogP contribution in [0.4, 0.5) is 5.69 Å². The topological polar surface area (TPSA) is 106 Å². The molecule has 2 amide bonds. The second kappa shape index (κ2) is 9.87. The first-order chi connectivity index (χ1) is 17.4. The Labute approximate surface area is 210 Å². The number of carbonyl (C=O) groups excluding carboxylic acids is 2. The van der Waals surface area contributed by atoms with Crippen LogP contribution in [-0.2, 0) is 4.79 Å². The minimum Gasteiger partial charge on any atom is -0.457 e. The highest BCUT2D eigenvalue weighted by Crippen LogP contribution is 2.37. The Kier molecular flexibility index (Phi) is 6.47. The molecular formula is C27H30N6O3. The van der Waals surface area contributed by atoms with E-state index in [1.165, 1.54) is 6.08 Å². The summed E-state index contributed by atoms with van der Waals surface area (Å²) >= 11 is 0. The Hall–Kier alpha value is -4.11. The van der Waals surface area contributed by atoms with Crippen molar-refractivity contribution in [2.24, 2.45) is 5.73 Å². The maximum Gasteiger partial charge on any atom is 0.269 e. The molecule has 0 radical (unpaired) electrons. The van der Waals surface area contributed by atoms with Crippen LogP contribution in [-0.4, -0.2) is 64.1 Å². The summed E-state index contributed by atoms with van der Waals surface area (Å²) in [5, 5.41) is 8.21. The van der Waals surface area contributed by atoms with Gasteiger partial charge in [0.15, 0.2) is 5.69 Å². The van der Waals surface area contributed by atoms with Crippen molar-refractivity contribution in [3.63, 3.8) is 0 Å². The highest BCUT2D eigenvalue weighted by Gasteiger charge is 2.35. The van der Waals surface area contributed by atoms with E-state index in [0.29, 0.717) is 36.8 Å². The predicted octanol–water partition coefficient (Wildman–Crippen LogP) is 3.26. The molecule has 5 rings (SSSR count). The summed E-state index contributed by atoms with van der Waals surface area (Å²) in [6.45, 7) is 9.04. The summed E-state index contributed by atoms with van der Waals surface area (Å²) in [6.07, 6.45) is 2.21. The SMILES string of the molecule is C=CC(=O)N1CCN([C@@H]2CCNc3c2nn(-c2ccc(Oc4cccc(C)c4)cc2)c3C(N)=O)CC1. The van der Waals surface area contributed by atoms with E-state index in [-0.39, 0.29) is 11.9 Å². The zero-order valence-corrected chi connectivity index (χ0v) is 20.3. The molecule has 3 N–H and O–H groups in total. The first kappa shape index (κ1) is 23.6. The van der Waals surface area contributed by atoms with Gasteiger partial charge in [0.25, 0.3) is 5.91 Å². The van der Waals surface area contributed by atoms with Gasteiger partial charge in [-0.1, -0.05) is 18.7 Å². The van der Waals surface area contributed by atoms with E-state index in [9.17, 15) is 9.59 Å². The lowest BCUT2D eigenvalue weighted by Crippen LogP contribution is -2.50. The lowest BCUT2D eigenvalue weighted by atomic mass is 10.0. The van der Waals surface area contributed by atoms with Gasteiger partial charge < -0.3 is 20.7 Å². The second-order valence-corrected chi connectivity index (χ2v) is 9.09. The zero-order valence-electron chi connectivity index (χ0n) is 20.3. The molecule has 3 heterocycles. The van der Waals surface area contributed by atoms with Gasteiger partial charge in [-0.25, -0.2) is 4.68 Å². The number of benzene rings is 2. The fraction of sp³-hybridized carbons (Fsp3) is 0.296. The van der Waals surface area contributed by atoms with Gasteiger partial charge in [-0.3, -0.25) is 14.5 Å². The molecule has 9 nitrogen and oxygen atoms in total. The van der Waals surface area contributed by atoms with Gasteiger partial charge in [0.1, 0.15) is 17.2 Å². The molecule has 0 unspecified atom stereocenters. The third-order valence-corrected chi connectivity index (χ3v) is 6.73. The van der Waals surface area contributed by atoms with Crippen LogP contribution >= 0.6 is 0 Å². The standard InChI is InChI=1S/C27H30N6O3/c1-3-23(34)32-15-13-31(14-16-32)22-11-12-29-25-24(22)30-33(26(25)27(28)35)19-7-9-20(10-8-19)36-21-6-4-5-18(2)17-21/h3-10,17,22,29H,1,11-16H2,2H3,(H2,28,35)/t22-/m1/s1. The molecule has 2 aromatic carbocycles. The van der Waals surface area contributed by atoms with Crippen LogP contribution in [0.1, 0.15) is 34.2 Å². The summed E-state index contributed by atoms with van der Waals surface area (Å²) < 4.78 is 7.58. The fourth-order valence-electron chi connectivity index (χ4n) is 4.94. The van der Waals surface area contributed by atoms with Gasteiger partial charge in [0.2, 0.25) is 5.91 Å². The molecule has 1 saturated heterocycles. The minimum atomic E-state index is -0.543. The van der Waals surface area contributed by atoms with Gasteiger partial charge >= 0.3 is 0 Å². The monoisotopic (exact) mass is 486 g/mol. The summed E-state index contributed by atoms with van der Waals surface area (Å²) in [5.41, 5.74) is 9.49. The van der Waals surface area contributed by atoms with E-state index in [4.69, 9.17) is 15.6 Å². The molecule has 1 aromatic heterocycles. The van der Waals surface area contributed by atoms with E-state index in [1.807, 2.05) is 55.5 Å². The number of aromatic nitrogens is 2. The number of amides is 2. The molecule has 9 heteroatoms. The number of fused-ring (bicyclic) bond motifs is 1. The van der Waals surface area contributed by atoms with Crippen molar-refractivity contribution in [2.75, 3.05) is 38.0 Å². The van der Waals surface area contributed by atoms with Crippen molar-refractivity contribution < 1.29 is 14.3 Å². The number of aryl methyl sites for hydroxylation is 1. The molecule has 186 valence electrons. The van der Waals surface area contributed by atoms with E-state index < -0.39 is 5.91 Å². The maximum atomic E-state index is 12.5. The molecule has 36 heavy (non-hydrogen) atoms. The Morgan fingerprint density at radius 1 is 1.11 bits per heavy atom. The number of nitrogens with one attached hydrogen (secondary N) is 1. The Morgan fingerprint density at radius 3 is 2.53 bits per heavy atom. The Morgan fingerprint density at radius 2 is 1.86 bits per heavy atom. The number of ether oxygens (including phenoxy) is 1. The predicted molar refractivity (Wildman–Crippen MR) is 138 cm³/mol. The quantitative estimate of drug-likeness (QED) is 0.518. The summed E-state index contributed by atoms with van der Waals surface area (Å²) in [4.78, 5) is 28.6. The summed E-state index contributed by atoms with van der Waals surface area (Å²) in [7, 11) is 0. The smallest absolute Gasteiger partial charge is 0.269 e. The largest absolute Gasteiger partial charge is 0.457 e. The van der Waals surface area contributed by atoms with Crippen LogP contribution in [0.2, 0.25) is 0 Å². The molecule has 0 saturated carbocycles. The van der Waals surface area contributed by atoms with Crippen LogP contribution in [0.15, 0.2) is 61.2 Å². The normalized spacial score (nSPS) is 17.7. The average Bonchev–Trinajstić information content (AvgIpc) is 3.29. The lowest BCUT2D eigenvalue weighted by molar-refractivity contribution is -0.128. The molecule has 0 aliphatic carbocycles. The highest BCUT2D eigenvalue weighted by atomic mass is 16.5. The van der Waals surface area contributed by atoms with Crippen LogP contribution in [0.25, 0.3) is 5.69 Å². The third kappa shape index (κ3) is 4.57. The van der Waals surface area contributed by atoms with Gasteiger partial charge in [0, 0.05) is 32.7 Å². The number of nitrogens with zero attached hydrogens (tertiary/aromatic N) is 4. The number of piperazine rings is 1. The van der Waals surface area contributed by atoms with E-state index in [2.05, 4.69) is 16.8 Å². The van der Waals surface area contributed by atoms with Gasteiger partial charge in [-0.05, 0) is 61.4 Å².